The van der Waals surface area contributed by atoms with E-state index < -0.39 is 5.97 Å². The van der Waals surface area contributed by atoms with Gasteiger partial charge in [0, 0.05) is 12.6 Å². The van der Waals surface area contributed by atoms with E-state index in [0.717, 1.165) is 22.8 Å². The summed E-state index contributed by atoms with van der Waals surface area (Å²) in [6.45, 7) is 0.454. The largest absolute Gasteiger partial charge is 0.481 e. The number of likely N-dealkylation sites (tertiary alicyclic amines) is 1. The van der Waals surface area contributed by atoms with Crippen LogP contribution in [0.3, 0.4) is 0 Å². The third-order valence-electron chi connectivity index (χ3n) is 4.78. The zero-order valence-electron chi connectivity index (χ0n) is 14.5. The molecule has 2 amide bonds. The van der Waals surface area contributed by atoms with Crippen LogP contribution >= 0.6 is 0 Å². The Hall–Kier alpha value is -2.89. The number of rotatable bonds is 6. The molecule has 1 heterocycles. The Bertz CT molecular complexity index is 828. The van der Waals surface area contributed by atoms with Gasteiger partial charge in [0.2, 0.25) is 11.8 Å². The third kappa shape index (κ3) is 4.20. The highest BCUT2D eigenvalue weighted by molar-refractivity contribution is 5.91. The number of hydrogen-bond donors (Lipinski definition) is 2. The summed E-state index contributed by atoms with van der Waals surface area (Å²) in [6, 6.07) is 13.4. The molecule has 1 fully saturated rings. The van der Waals surface area contributed by atoms with Gasteiger partial charge < -0.3 is 15.3 Å². The predicted molar refractivity (Wildman–Crippen MR) is 97.6 cm³/mol. The summed E-state index contributed by atoms with van der Waals surface area (Å²) in [5.41, 5.74) is 0.915. The second-order valence-electron chi connectivity index (χ2n) is 6.57. The van der Waals surface area contributed by atoms with Crippen LogP contribution in [0.5, 0.6) is 0 Å². The molecular formula is C20H22N2O4. The smallest absolute Gasteiger partial charge is 0.305 e. The number of nitrogens with zero attached hydrogens (tertiary/aromatic N) is 1. The number of carbonyl (C=O) groups is 3. The third-order valence-corrected chi connectivity index (χ3v) is 4.78. The van der Waals surface area contributed by atoms with E-state index in [-0.39, 0.29) is 37.2 Å². The Morgan fingerprint density at radius 1 is 1.12 bits per heavy atom. The SMILES string of the molecule is O=C(O)CC1CCCN1C(=O)CNC(=O)Cc1cccc2ccccc12. The summed E-state index contributed by atoms with van der Waals surface area (Å²) in [6.07, 6.45) is 1.65. The molecule has 0 saturated carbocycles. The molecule has 0 bridgehead atoms. The van der Waals surface area contributed by atoms with Crippen molar-refractivity contribution in [2.45, 2.75) is 31.7 Å². The van der Waals surface area contributed by atoms with Gasteiger partial charge in [-0.3, -0.25) is 14.4 Å². The van der Waals surface area contributed by atoms with Gasteiger partial charge in [0.05, 0.1) is 19.4 Å². The molecule has 26 heavy (non-hydrogen) atoms. The Labute approximate surface area is 151 Å². The van der Waals surface area contributed by atoms with E-state index in [2.05, 4.69) is 5.32 Å². The van der Waals surface area contributed by atoms with Gasteiger partial charge in [-0.05, 0) is 29.2 Å². The van der Waals surface area contributed by atoms with Crippen LogP contribution in [0.4, 0.5) is 0 Å². The fourth-order valence-electron chi connectivity index (χ4n) is 3.54. The summed E-state index contributed by atoms with van der Waals surface area (Å²) in [4.78, 5) is 37.1. The van der Waals surface area contributed by atoms with Crippen molar-refractivity contribution in [1.29, 1.82) is 0 Å². The van der Waals surface area contributed by atoms with E-state index in [1.165, 1.54) is 0 Å². The number of carboxylic acids is 1. The van der Waals surface area contributed by atoms with E-state index in [4.69, 9.17) is 5.11 Å². The average molecular weight is 354 g/mol. The summed E-state index contributed by atoms with van der Waals surface area (Å²) in [5.74, 6) is -1.35. The highest BCUT2D eigenvalue weighted by Gasteiger charge is 2.30. The standard InChI is InChI=1S/C20H22N2O4/c23-18(11-15-7-3-6-14-5-1-2-9-17(14)15)21-13-19(24)22-10-4-8-16(22)12-20(25)26/h1-3,5-7,9,16H,4,8,10-13H2,(H,21,23)(H,25,26). The van der Waals surface area contributed by atoms with Gasteiger partial charge in [0.15, 0.2) is 0 Å². The van der Waals surface area contributed by atoms with Crippen LogP contribution < -0.4 is 5.32 Å². The fourth-order valence-corrected chi connectivity index (χ4v) is 3.54. The lowest BCUT2D eigenvalue weighted by molar-refractivity contribution is -0.140. The van der Waals surface area contributed by atoms with Crippen LogP contribution in [0, 0.1) is 0 Å². The Morgan fingerprint density at radius 3 is 2.69 bits per heavy atom. The van der Waals surface area contributed by atoms with Gasteiger partial charge in [-0.15, -0.1) is 0 Å². The van der Waals surface area contributed by atoms with Gasteiger partial charge in [-0.25, -0.2) is 0 Å². The van der Waals surface area contributed by atoms with E-state index in [1.807, 2.05) is 42.5 Å². The molecule has 6 heteroatoms. The molecule has 2 N–H and O–H groups in total. The van der Waals surface area contributed by atoms with E-state index in [9.17, 15) is 14.4 Å². The molecule has 2 aromatic carbocycles. The first-order valence-electron chi connectivity index (χ1n) is 8.79. The normalized spacial score (nSPS) is 16.6. The van der Waals surface area contributed by atoms with Crippen LogP contribution in [-0.2, 0) is 20.8 Å². The van der Waals surface area contributed by atoms with Crippen molar-refractivity contribution in [1.82, 2.24) is 10.2 Å². The second-order valence-corrected chi connectivity index (χ2v) is 6.57. The molecule has 0 spiro atoms. The van der Waals surface area contributed by atoms with Gasteiger partial charge in [0.1, 0.15) is 0 Å². The second kappa shape index (κ2) is 7.99. The van der Waals surface area contributed by atoms with Crippen LogP contribution in [0.15, 0.2) is 42.5 Å². The molecule has 0 aliphatic carbocycles. The minimum absolute atomic E-state index is 0.0459. The fraction of sp³-hybridized carbons (Fsp3) is 0.350. The molecule has 0 aromatic heterocycles. The number of aliphatic carboxylic acids is 1. The van der Waals surface area contributed by atoms with Crippen molar-refractivity contribution in [2.24, 2.45) is 0 Å². The molecule has 2 aromatic rings. The van der Waals surface area contributed by atoms with Crippen LogP contribution in [0.25, 0.3) is 10.8 Å². The maximum absolute atomic E-state index is 12.3. The average Bonchev–Trinajstić information content (AvgIpc) is 3.07. The molecule has 1 aliphatic heterocycles. The van der Waals surface area contributed by atoms with Crippen LogP contribution in [0.1, 0.15) is 24.8 Å². The number of fused-ring (bicyclic) bond motifs is 1. The summed E-state index contributed by atoms with van der Waals surface area (Å²) < 4.78 is 0. The van der Waals surface area contributed by atoms with Crippen molar-refractivity contribution >= 4 is 28.6 Å². The van der Waals surface area contributed by atoms with Crippen LogP contribution in [-0.4, -0.2) is 46.9 Å². The quantitative estimate of drug-likeness (QED) is 0.830. The topological polar surface area (TPSA) is 86.7 Å². The maximum Gasteiger partial charge on any atom is 0.305 e. The van der Waals surface area contributed by atoms with E-state index in [1.54, 1.807) is 4.90 Å². The molecule has 1 unspecified atom stereocenters. The first-order valence-corrected chi connectivity index (χ1v) is 8.79. The number of benzene rings is 2. The van der Waals surface area contributed by atoms with Crippen molar-refractivity contribution in [2.75, 3.05) is 13.1 Å². The van der Waals surface area contributed by atoms with E-state index in [0.29, 0.717) is 13.0 Å². The Kier molecular flexibility index (Phi) is 5.51. The summed E-state index contributed by atoms with van der Waals surface area (Å²) >= 11 is 0. The Balaban J connectivity index is 1.57. The Morgan fingerprint density at radius 2 is 1.88 bits per heavy atom. The minimum Gasteiger partial charge on any atom is -0.481 e. The summed E-state index contributed by atoms with van der Waals surface area (Å²) in [7, 11) is 0. The molecule has 1 atom stereocenters. The van der Waals surface area contributed by atoms with Gasteiger partial charge in [-0.1, -0.05) is 42.5 Å². The highest BCUT2D eigenvalue weighted by Crippen LogP contribution is 2.20. The van der Waals surface area contributed by atoms with Crippen molar-refractivity contribution in [3.05, 3.63) is 48.0 Å². The monoisotopic (exact) mass is 354 g/mol. The number of amides is 2. The van der Waals surface area contributed by atoms with Crippen LogP contribution in [0.2, 0.25) is 0 Å². The number of carboxylic acid groups (broad SMARTS) is 1. The van der Waals surface area contributed by atoms with Gasteiger partial charge in [0.25, 0.3) is 0 Å². The lowest BCUT2D eigenvalue weighted by Crippen LogP contribution is -2.43. The van der Waals surface area contributed by atoms with Crippen molar-refractivity contribution in [3.8, 4) is 0 Å². The van der Waals surface area contributed by atoms with Crippen molar-refractivity contribution in [3.63, 3.8) is 0 Å². The van der Waals surface area contributed by atoms with Crippen molar-refractivity contribution < 1.29 is 19.5 Å². The molecule has 136 valence electrons. The van der Waals surface area contributed by atoms with Gasteiger partial charge in [-0.2, -0.15) is 0 Å². The van der Waals surface area contributed by atoms with Gasteiger partial charge >= 0.3 is 5.97 Å². The van der Waals surface area contributed by atoms with E-state index >= 15 is 0 Å². The molecule has 1 aliphatic rings. The number of nitrogens with one attached hydrogen (secondary N) is 1. The molecule has 6 nitrogen and oxygen atoms in total. The lowest BCUT2D eigenvalue weighted by Gasteiger charge is -2.23. The number of hydrogen-bond acceptors (Lipinski definition) is 3. The maximum atomic E-state index is 12.3. The molecule has 3 rings (SSSR count). The predicted octanol–water partition coefficient (Wildman–Crippen LogP) is 1.96. The zero-order chi connectivity index (χ0) is 18.5. The molecule has 0 radical (unpaired) electrons. The first kappa shape index (κ1) is 17.9. The molecular weight excluding hydrogens is 332 g/mol. The zero-order valence-corrected chi connectivity index (χ0v) is 14.5. The highest BCUT2D eigenvalue weighted by atomic mass is 16.4. The number of carbonyl (C=O) groups excluding carboxylic acids is 2. The minimum atomic E-state index is -0.908. The first-order chi connectivity index (χ1) is 12.5. The molecule has 1 saturated heterocycles. The summed E-state index contributed by atoms with van der Waals surface area (Å²) in [5, 5.41) is 13.7. The lowest BCUT2D eigenvalue weighted by atomic mass is 10.0.